The molecule has 0 bridgehead atoms. The van der Waals surface area contributed by atoms with Gasteiger partial charge in [0.2, 0.25) is 5.95 Å². The minimum Gasteiger partial charge on any atom is -0.364 e. The molecule has 2 N–H and O–H groups in total. The molecule has 2 rings (SSSR count). The van der Waals surface area contributed by atoms with Crippen LogP contribution in [-0.2, 0) is 0 Å². The normalized spacial score (nSPS) is 11.8. The summed E-state index contributed by atoms with van der Waals surface area (Å²) in [5, 5.41) is 9.62. The van der Waals surface area contributed by atoms with Crippen LogP contribution in [0.15, 0.2) is 11.4 Å². The van der Waals surface area contributed by atoms with Crippen molar-refractivity contribution in [1.82, 2.24) is 9.97 Å². The number of hydrogen-bond donors (Lipinski definition) is 2. The van der Waals surface area contributed by atoms with E-state index in [0.717, 1.165) is 22.5 Å². The molecule has 0 radical (unpaired) electrons. The van der Waals surface area contributed by atoms with Gasteiger partial charge < -0.3 is 10.6 Å². The van der Waals surface area contributed by atoms with Crippen molar-refractivity contribution in [3.8, 4) is 0 Å². The van der Waals surface area contributed by atoms with Gasteiger partial charge in [-0.15, -0.1) is 11.3 Å². The van der Waals surface area contributed by atoms with E-state index in [9.17, 15) is 0 Å². The van der Waals surface area contributed by atoms with Gasteiger partial charge in [-0.25, -0.2) is 4.98 Å². The van der Waals surface area contributed by atoms with Crippen LogP contribution in [0.2, 0.25) is 0 Å². The Labute approximate surface area is 105 Å². The Balaban J connectivity index is 2.47. The Morgan fingerprint density at radius 2 is 2.12 bits per heavy atom. The van der Waals surface area contributed by atoms with Gasteiger partial charge >= 0.3 is 0 Å². The monoisotopic (exact) mass is 250 g/mol. The second-order valence-corrected chi connectivity index (χ2v) is 5.54. The van der Waals surface area contributed by atoms with Gasteiger partial charge in [0, 0.05) is 12.6 Å². The summed E-state index contributed by atoms with van der Waals surface area (Å²) in [5.41, 5.74) is 0.0359. The third-order valence-electron chi connectivity index (χ3n) is 2.89. The predicted octanol–water partition coefficient (Wildman–Crippen LogP) is 3.33. The van der Waals surface area contributed by atoms with E-state index in [1.54, 1.807) is 11.3 Å². The number of rotatable bonds is 4. The summed E-state index contributed by atoms with van der Waals surface area (Å²) in [6, 6.07) is 2.06. The van der Waals surface area contributed by atoms with Gasteiger partial charge in [0.25, 0.3) is 0 Å². The maximum atomic E-state index is 4.50. The summed E-state index contributed by atoms with van der Waals surface area (Å²) < 4.78 is 0. The second kappa shape index (κ2) is 4.49. The summed E-state index contributed by atoms with van der Waals surface area (Å²) in [7, 11) is 1.84. The SMILES string of the molecule is CCC(C)(C)Nc1nc(NC)nc2sccc12. The van der Waals surface area contributed by atoms with Crippen molar-refractivity contribution in [2.45, 2.75) is 32.7 Å². The molecule has 0 fully saturated rings. The van der Waals surface area contributed by atoms with Gasteiger partial charge in [-0.05, 0) is 31.7 Å². The van der Waals surface area contributed by atoms with Gasteiger partial charge in [0.1, 0.15) is 10.6 Å². The van der Waals surface area contributed by atoms with E-state index in [-0.39, 0.29) is 5.54 Å². The van der Waals surface area contributed by atoms with Crippen LogP contribution in [0.4, 0.5) is 11.8 Å². The predicted molar refractivity (Wildman–Crippen MR) is 75.0 cm³/mol. The number of nitrogens with zero attached hydrogens (tertiary/aromatic N) is 2. The molecule has 17 heavy (non-hydrogen) atoms. The highest BCUT2D eigenvalue weighted by Gasteiger charge is 2.18. The highest BCUT2D eigenvalue weighted by Crippen LogP contribution is 2.28. The van der Waals surface area contributed by atoms with Crippen LogP contribution >= 0.6 is 11.3 Å². The fraction of sp³-hybridized carbons (Fsp3) is 0.500. The van der Waals surface area contributed by atoms with Crippen LogP contribution in [-0.4, -0.2) is 22.6 Å². The molecule has 0 aliphatic heterocycles. The van der Waals surface area contributed by atoms with E-state index in [1.807, 2.05) is 12.4 Å². The van der Waals surface area contributed by atoms with E-state index >= 15 is 0 Å². The average Bonchev–Trinajstić information content (AvgIpc) is 2.76. The molecule has 0 aliphatic carbocycles. The van der Waals surface area contributed by atoms with E-state index < -0.39 is 0 Å². The molecular weight excluding hydrogens is 232 g/mol. The van der Waals surface area contributed by atoms with Gasteiger partial charge in [0.15, 0.2) is 0 Å². The Morgan fingerprint density at radius 3 is 2.76 bits per heavy atom. The molecule has 4 nitrogen and oxygen atoms in total. The highest BCUT2D eigenvalue weighted by atomic mass is 32.1. The molecule has 0 unspecified atom stereocenters. The van der Waals surface area contributed by atoms with Crippen LogP contribution in [0.3, 0.4) is 0 Å². The first kappa shape index (κ1) is 12.1. The topological polar surface area (TPSA) is 49.8 Å². The lowest BCUT2D eigenvalue weighted by atomic mass is 10.0. The number of aromatic nitrogens is 2. The highest BCUT2D eigenvalue weighted by molar-refractivity contribution is 7.16. The maximum absolute atomic E-state index is 4.50. The Hall–Kier alpha value is -1.36. The zero-order chi connectivity index (χ0) is 12.5. The number of nitrogens with one attached hydrogen (secondary N) is 2. The summed E-state index contributed by atoms with van der Waals surface area (Å²) in [4.78, 5) is 9.94. The largest absolute Gasteiger partial charge is 0.364 e. The van der Waals surface area contributed by atoms with Crippen LogP contribution in [0, 0.1) is 0 Å². The minimum absolute atomic E-state index is 0.0359. The number of thiophene rings is 1. The number of anilines is 2. The van der Waals surface area contributed by atoms with E-state index in [4.69, 9.17) is 0 Å². The summed E-state index contributed by atoms with van der Waals surface area (Å²) >= 11 is 1.63. The summed E-state index contributed by atoms with van der Waals surface area (Å²) in [6.07, 6.45) is 1.04. The summed E-state index contributed by atoms with van der Waals surface area (Å²) in [5.74, 6) is 1.57. The zero-order valence-corrected chi connectivity index (χ0v) is 11.5. The first-order valence-corrected chi connectivity index (χ1v) is 6.65. The van der Waals surface area contributed by atoms with E-state index in [2.05, 4.69) is 47.4 Å². The molecule has 5 heteroatoms. The number of fused-ring (bicyclic) bond motifs is 1. The average molecular weight is 250 g/mol. The van der Waals surface area contributed by atoms with Crippen molar-refractivity contribution >= 4 is 33.3 Å². The third-order valence-corrected chi connectivity index (χ3v) is 3.70. The first-order chi connectivity index (χ1) is 8.05. The van der Waals surface area contributed by atoms with Crippen molar-refractivity contribution in [3.05, 3.63) is 11.4 Å². The van der Waals surface area contributed by atoms with E-state index in [0.29, 0.717) is 5.95 Å². The van der Waals surface area contributed by atoms with Gasteiger partial charge in [-0.3, -0.25) is 0 Å². The fourth-order valence-electron chi connectivity index (χ4n) is 1.47. The van der Waals surface area contributed by atoms with Crippen molar-refractivity contribution in [1.29, 1.82) is 0 Å². The molecular formula is C12H18N4S. The molecule has 2 aromatic heterocycles. The molecule has 0 saturated carbocycles. The molecule has 0 aliphatic rings. The molecule has 0 spiro atoms. The quantitative estimate of drug-likeness (QED) is 0.874. The summed E-state index contributed by atoms with van der Waals surface area (Å²) in [6.45, 7) is 6.51. The fourth-order valence-corrected chi connectivity index (χ4v) is 2.24. The molecule has 0 saturated heterocycles. The van der Waals surface area contributed by atoms with Gasteiger partial charge in [0.05, 0.1) is 5.39 Å². The molecule has 0 atom stereocenters. The molecule has 2 heterocycles. The maximum Gasteiger partial charge on any atom is 0.225 e. The van der Waals surface area contributed by atoms with Crippen molar-refractivity contribution < 1.29 is 0 Å². The third kappa shape index (κ3) is 2.49. The molecule has 0 amide bonds. The molecule has 92 valence electrons. The Kier molecular flexibility index (Phi) is 3.19. The first-order valence-electron chi connectivity index (χ1n) is 5.77. The van der Waals surface area contributed by atoms with Crippen molar-refractivity contribution in [3.63, 3.8) is 0 Å². The standard InChI is InChI=1S/C12H18N4S/c1-5-12(2,3)16-9-8-6-7-17-10(8)15-11(13-4)14-9/h6-7H,5H2,1-4H3,(H2,13,14,15,16). The van der Waals surface area contributed by atoms with Gasteiger partial charge in [-0.2, -0.15) is 4.98 Å². The lowest BCUT2D eigenvalue weighted by Gasteiger charge is -2.25. The molecule has 0 aromatic carbocycles. The second-order valence-electron chi connectivity index (χ2n) is 4.65. The lowest BCUT2D eigenvalue weighted by molar-refractivity contribution is 0.546. The minimum atomic E-state index is 0.0359. The van der Waals surface area contributed by atoms with Crippen LogP contribution in [0.5, 0.6) is 0 Å². The smallest absolute Gasteiger partial charge is 0.225 e. The zero-order valence-electron chi connectivity index (χ0n) is 10.7. The van der Waals surface area contributed by atoms with E-state index in [1.165, 1.54) is 0 Å². The number of hydrogen-bond acceptors (Lipinski definition) is 5. The van der Waals surface area contributed by atoms with Crippen LogP contribution < -0.4 is 10.6 Å². The van der Waals surface area contributed by atoms with Gasteiger partial charge in [-0.1, -0.05) is 6.92 Å². The van der Waals surface area contributed by atoms with Crippen molar-refractivity contribution in [2.24, 2.45) is 0 Å². The molecule has 2 aromatic rings. The Bertz CT molecular complexity index is 518. The Morgan fingerprint density at radius 1 is 1.35 bits per heavy atom. The van der Waals surface area contributed by atoms with Crippen LogP contribution in [0.1, 0.15) is 27.2 Å². The van der Waals surface area contributed by atoms with Crippen LogP contribution in [0.25, 0.3) is 10.2 Å². The van der Waals surface area contributed by atoms with Crippen molar-refractivity contribution in [2.75, 3.05) is 17.7 Å². The lowest BCUT2D eigenvalue weighted by Crippen LogP contribution is -2.30.